The van der Waals surface area contributed by atoms with Crippen molar-refractivity contribution in [1.29, 1.82) is 0 Å². The second-order valence-electron chi connectivity index (χ2n) is 8.10. The number of methoxy groups -OCH3 is 2. The van der Waals surface area contributed by atoms with E-state index in [1.165, 1.54) is 31.4 Å². The van der Waals surface area contributed by atoms with Crippen LogP contribution >= 0.6 is 0 Å². The zero-order chi connectivity index (χ0) is 27.2. The molecule has 5 rings (SSSR count). The van der Waals surface area contributed by atoms with Gasteiger partial charge in [0.1, 0.15) is 5.69 Å². The third kappa shape index (κ3) is 4.45. The first kappa shape index (κ1) is 25.3. The van der Waals surface area contributed by atoms with Gasteiger partial charge >= 0.3 is 11.9 Å². The molecule has 0 radical (unpaired) electrons. The number of pyridine rings is 1. The summed E-state index contributed by atoms with van der Waals surface area (Å²) in [5.74, 6) is -6.24. The summed E-state index contributed by atoms with van der Waals surface area (Å²) in [6.45, 7) is -1.37. The predicted octanol–water partition coefficient (Wildman–Crippen LogP) is 3.72. The number of hydrogen-bond donors (Lipinski definition) is 0. The third-order valence-corrected chi connectivity index (χ3v) is 5.75. The Morgan fingerprint density at radius 3 is 2.53 bits per heavy atom. The summed E-state index contributed by atoms with van der Waals surface area (Å²) in [6.07, 6.45) is -2.41. The molecule has 0 bridgehead atoms. The lowest BCUT2D eigenvalue weighted by molar-refractivity contribution is -0.0610. The van der Waals surface area contributed by atoms with Crippen molar-refractivity contribution in [2.75, 3.05) is 32.2 Å². The molecule has 0 aliphatic carbocycles. The first-order valence-corrected chi connectivity index (χ1v) is 10.8. The molecule has 1 aliphatic rings. The maximum absolute atomic E-state index is 15.0. The molecule has 4 aromatic heterocycles. The largest absolute Gasteiger partial charge is 0.480 e. The first-order valence-electron chi connectivity index (χ1n) is 10.8. The molecule has 1 atom stereocenters. The van der Waals surface area contributed by atoms with Crippen molar-refractivity contribution in [3.63, 3.8) is 0 Å². The van der Waals surface area contributed by atoms with Crippen LogP contribution in [0.1, 0.15) is 12.0 Å². The second kappa shape index (κ2) is 9.50. The molecule has 0 N–H and O–H groups in total. The third-order valence-electron chi connectivity index (χ3n) is 5.75. The number of aromatic nitrogens is 6. The van der Waals surface area contributed by atoms with Crippen LogP contribution in [0.15, 0.2) is 30.7 Å². The van der Waals surface area contributed by atoms with E-state index in [1.807, 2.05) is 0 Å². The van der Waals surface area contributed by atoms with Crippen molar-refractivity contribution in [1.82, 2.24) is 29.5 Å². The fourth-order valence-corrected chi connectivity index (χ4v) is 3.94. The van der Waals surface area contributed by atoms with E-state index < -0.39 is 54.7 Å². The van der Waals surface area contributed by atoms with Gasteiger partial charge in [-0.1, -0.05) is 0 Å². The highest BCUT2D eigenvalue weighted by molar-refractivity contribution is 5.76. The van der Waals surface area contributed by atoms with Crippen molar-refractivity contribution in [3.8, 4) is 29.0 Å². The number of fused-ring (bicyclic) bond motifs is 1. The molecule has 38 heavy (non-hydrogen) atoms. The normalized spacial score (nSPS) is 16.9. The van der Waals surface area contributed by atoms with Gasteiger partial charge in [-0.25, -0.2) is 36.9 Å². The number of ether oxygens (including phenoxy) is 3. The minimum Gasteiger partial charge on any atom is -0.480 e. The first-order chi connectivity index (χ1) is 18.1. The van der Waals surface area contributed by atoms with Gasteiger partial charge in [0, 0.05) is 12.3 Å². The van der Waals surface area contributed by atoms with Crippen molar-refractivity contribution in [3.05, 3.63) is 48.1 Å². The quantitative estimate of drug-likeness (QED) is 0.324. The van der Waals surface area contributed by atoms with E-state index >= 15 is 8.78 Å². The SMILES string of the molecule is COc1ncc(-c2cc(N3CC(Oc4cc(C(F)F)c(F)cn4)C(F)(F)C3)c3ncc(F)n3n2)c(OC)n1. The molecule has 1 aliphatic heterocycles. The minimum absolute atomic E-state index is 0.00992. The summed E-state index contributed by atoms with van der Waals surface area (Å²) in [4.78, 5) is 16.7. The average molecular weight is 541 g/mol. The van der Waals surface area contributed by atoms with E-state index in [1.54, 1.807) is 0 Å². The average Bonchev–Trinajstić information content (AvgIpc) is 3.42. The van der Waals surface area contributed by atoms with E-state index in [9.17, 15) is 17.6 Å². The van der Waals surface area contributed by atoms with Crippen LogP contribution in [0.4, 0.5) is 32.0 Å². The molecule has 0 aromatic carbocycles. The van der Waals surface area contributed by atoms with Gasteiger partial charge in [-0.05, 0) is 6.07 Å². The number of imidazole rings is 1. The summed E-state index contributed by atoms with van der Waals surface area (Å²) < 4.78 is 100. The molecule has 5 heterocycles. The zero-order valence-electron chi connectivity index (χ0n) is 19.6. The molecule has 1 fully saturated rings. The highest BCUT2D eigenvalue weighted by Crippen LogP contribution is 2.38. The summed E-state index contributed by atoms with van der Waals surface area (Å²) in [6, 6.07) is 1.93. The van der Waals surface area contributed by atoms with Gasteiger partial charge in [-0.15, -0.1) is 0 Å². The summed E-state index contributed by atoms with van der Waals surface area (Å²) in [7, 11) is 2.67. The molecule has 10 nitrogen and oxygen atoms in total. The Morgan fingerprint density at radius 2 is 1.82 bits per heavy atom. The van der Waals surface area contributed by atoms with Crippen molar-refractivity contribution >= 4 is 11.3 Å². The number of hydrogen-bond acceptors (Lipinski definition) is 9. The van der Waals surface area contributed by atoms with Gasteiger partial charge in [-0.3, -0.25) is 0 Å². The predicted molar refractivity (Wildman–Crippen MR) is 118 cm³/mol. The number of rotatable bonds is 7. The van der Waals surface area contributed by atoms with Crippen molar-refractivity contribution < 1.29 is 40.6 Å². The highest BCUT2D eigenvalue weighted by Gasteiger charge is 2.51. The van der Waals surface area contributed by atoms with Gasteiger partial charge < -0.3 is 19.1 Å². The Balaban J connectivity index is 1.53. The van der Waals surface area contributed by atoms with Crippen molar-refractivity contribution in [2.45, 2.75) is 18.5 Å². The van der Waals surface area contributed by atoms with Crippen LogP contribution in [0.5, 0.6) is 17.8 Å². The molecule has 1 saturated heterocycles. The van der Waals surface area contributed by atoms with E-state index in [2.05, 4.69) is 25.0 Å². The van der Waals surface area contributed by atoms with E-state index in [4.69, 9.17) is 14.2 Å². The number of nitrogens with zero attached hydrogens (tertiary/aromatic N) is 7. The Labute approximate surface area is 209 Å². The molecular formula is C22H17F6N7O3. The van der Waals surface area contributed by atoms with Gasteiger partial charge in [0.2, 0.25) is 17.7 Å². The topological polar surface area (TPSA) is 99.8 Å². The van der Waals surface area contributed by atoms with Crippen molar-refractivity contribution in [2.24, 2.45) is 0 Å². The van der Waals surface area contributed by atoms with Gasteiger partial charge in [0.15, 0.2) is 17.6 Å². The second-order valence-corrected chi connectivity index (χ2v) is 8.10. The Kier molecular flexibility index (Phi) is 6.32. The van der Waals surface area contributed by atoms with E-state index in [0.717, 1.165) is 10.7 Å². The van der Waals surface area contributed by atoms with Gasteiger partial charge in [0.25, 0.3) is 6.43 Å². The van der Waals surface area contributed by atoms with Crippen LogP contribution in [-0.2, 0) is 0 Å². The lowest BCUT2D eigenvalue weighted by Crippen LogP contribution is -2.36. The Morgan fingerprint density at radius 1 is 1.03 bits per heavy atom. The van der Waals surface area contributed by atoms with Crippen LogP contribution < -0.4 is 19.1 Å². The van der Waals surface area contributed by atoms with Crippen LogP contribution in [0.3, 0.4) is 0 Å². The molecule has 16 heteroatoms. The Bertz CT molecular complexity index is 1500. The molecule has 200 valence electrons. The summed E-state index contributed by atoms with van der Waals surface area (Å²) in [5.41, 5.74) is -0.771. The molecule has 1 unspecified atom stereocenters. The van der Waals surface area contributed by atoms with E-state index in [0.29, 0.717) is 12.3 Å². The molecule has 4 aromatic rings. The molecular weight excluding hydrogens is 524 g/mol. The lowest BCUT2D eigenvalue weighted by atomic mass is 10.2. The number of halogens is 6. The van der Waals surface area contributed by atoms with Crippen LogP contribution in [0.25, 0.3) is 16.9 Å². The monoisotopic (exact) mass is 541 g/mol. The Hall–Kier alpha value is -4.37. The molecule has 0 amide bonds. The molecule has 0 saturated carbocycles. The number of anilines is 1. The lowest BCUT2D eigenvalue weighted by Gasteiger charge is -2.19. The fraction of sp³-hybridized carbons (Fsp3) is 0.318. The molecule has 0 spiro atoms. The van der Waals surface area contributed by atoms with Crippen LogP contribution in [0, 0.1) is 11.8 Å². The zero-order valence-corrected chi connectivity index (χ0v) is 19.6. The van der Waals surface area contributed by atoms with Crippen LogP contribution in [0.2, 0.25) is 0 Å². The standard InChI is InChI=1S/C22H17F6N7O3/c1-36-20-11(5-31-21(32-20)37-2)13-4-14(19-30-7-16(24)35(19)33-13)34-8-15(22(27,28)9-34)38-17-3-10(18(25)26)12(23)6-29-17/h3-7,15,18H,8-9H2,1-2H3. The maximum atomic E-state index is 15.0. The fourth-order valence-electron chi connectivity index (χ4n) is 3.94. The van der Waals surface area contributed by atoms with Gasteiger partial charge in [-0.2, -0.15) is 19.0 Å². The smallest absolute Gasteiger partial charge is 0.319 e. The number of alkyl halides is 4. The summed E-state index contributed by atoms with van der Waals surface area (Å²) >= 11 is 0. The van der Waals surface area contributed by atoms with Gasteiger partial charge in [0.05, 0.1) is 56.5 Å². The highest BCUT2D eigenvalue weighted by atomic mass is 19.3. The maximum Gasteiger partial charge on any atom is 0.319 e. The summed E-state index contributed by atoms with van der Waals surface area (Å²) in [5, 5.41) is 4.18. The van der Waals surface area contributed by atoms with E-state index in [-0.39, 0.29) is 34.5 Å². The van der Waals surface area contributed by atoms with Crippen LogP contribution in [-0.4, -0.2) is 68.9 Å². The minimum atomic E-state index is -3.51.